The summed E-state index contributed by atoms with van der Waals surface area (Å²) in [6.07, 6.45) is 2.28. The highest BCUT2D eigenvalue weighted by Gasteiger charge is 2.16. The van der Waals surface area contributed by atoms with Crippen molar-refractivity contribution in [2.45, 2.75) is 32.8 Å². The normalized spacial score (nSPS) is 16.0. The van der Waals surface area contributed by atoms with Crippen LogP contribution in [0.5, 0.6) is 0 Å². The van der Waals surface area contributed by atoms with Crippen LogP contribution in [0.2, 0.25) is 0 Å². The van der Waals surface area contributed by atoms with Gasteiger partial charge in [0.25, 0.3) is 5.91 Å². The van der Waals surface area contributed by atoms with E-state index in [0.29, 0.717) is 29.6 Å². The van der Waals surface area contributed by atoms with Crippen molar-refractivity contribution in [1.82, 2.24) is 9.97 Å². The van der Waals surface area contributed by atoms with Gasteiger partial charge in [0.15, 0.2) is 0 Å². The number of hydrogen-bond acceptors (Lipinski definition) is 6. The molecule has 27 heavy (non-hydrogen) atoms. The third kappa shape index (κ3) is 5.49. The molecule has 0 aliphatic carbocycles. The largest absolute Gasteiger partial charge is 0.376 e. The molecule has 2 amide bonds. The van der Waals surface area contributed by atoms with E-state index in [2.05, 4.69) is 25.9 Å². The maximum absolute atomic E-state index is 12.5. The molecule has 0 bridgehead atoms. The van der Waals surface area contributed by atoms with Crippen molar-refractivity contribution >= 4 is 29.0 Å². The number of aryl methyl sites for hydroxylation is 1. The third-order valence-electron chi connectivity index (χ3n) is 4.07. The van der Waals surface area contributed by atoms with Crippen LogP contribution in [0.3, 0.4) is 0 Å². The fraction of sp³-hybridized carbons (Fsp3) is 0.368. The predicted octanol–water partition coefficient (Wildman–Crippen LogP) is 2.59. The molecule has 0 spiro atoms. The summed E-state index contributed by atoms with van der Waals surface area (Å²) in [5.41, 5.74) is 1.56. The summed E-state index contributed by atoms with van der Waals surface area (Å²) >= 11 is 0. The molecule has 1 saturated heterocycles. The molecule has 0 radical (unpaired) electrons. The molecule has 1 aliphatic rings. The smallest absolute Gasteiger partial charge is 0.274 e. The van der Waals surface area contributed by atoms with Gasteiger partial charge in [0.1, 0.15) is 17.3 Å². The van der Waals surface area contributed by atoms with E-state index in [4.69, 9.17) is 4.74 Å². The molecule has 1 fully saturated rings. The number of amides is 2. The van der Waals surface area contributed by atoms with E-state index in [1.807, 2.05) is 0 Å². The van der Waals surface area contributed by atoms with Crippen LogP contribution in [0.4, 0.5) is 17.2 Å². The van der Waals surface area contributed by atoms with Gasteiger partial charge in [-0.2, -0.15) is 0 Å². The van der Waals surface area contributed by atoms with Crippen LogP contribution in [-0.2, 0) is 9.53 Å². The minimum absolute atomic E-state index is 0.147. The Morgan fingerprint density at radius 1 is 1.15 bits per heavy atom. The number of rotatable bonds is 6. The van der Waals surface area contributed by atoms with Gasteiger partial charge in [0, 0.05) is 37.5 Å². The molecular formula is C19H23N5O3. The summed E-state index contributed by atoms with van der Waals surface area (Å²) in [6.45, 7) is 4.64. The highest BCUT2D eigenvalue weighted by molar-refractivity contribution is 6.03. The van der Waals surface area contributed by atoms with E-state index in [9.17, 15) is 9.59 Å². The molecular weight excluding hydrogens is 346 g/mol. The Labute approximate surface area is 157 Å². The first-order valence-electron chi connectivity index (χ1n) is 8.90. The van der Waals surface area contributed by atoms with Crippen LogP contribution in [0, 0.1) is 6.92 Å². The van der Waals surface area contributed by atoms with E-state index in [1.54, 1.807) is 37.3 Å². The monoisotopic (exact) mass is 369 g/mol. The first-order valence-corrected chi connectivity index (χ1v) is 8.90. The van der Waals surface area contributed by atoms with Crippen molar-refractivity contribution in [2.75, 3.05) is 29.1 Å². The average molecular weight is 369 g/mol. The van der Waals surface area contributed by atoms with Crippen LogP contribution in [0.15, 0.2) is 30.3 Å². The number of anilines is 3. The number of nitrogens with zero attached hydrogens (tertiary/aromatic N) is 2. The summed E-state index contributed by atoms with van der Waals surface area (Å²) in [4.78, 5) is 32.1. The van der Waals surface area contributed by atoms with Gasteiger partial charge in [-0.3, -0.25) is 9.59 Å². The number of benzene rings is 1. The molecule has 1 unspecified atom stereocenters. The van der Waals surface area contributed by atoms with Gasteiger partial charge >= 0.3 is 0 Å². The minimum atomic E-state index is -0.326. The number of hydrogen-bond donors (Lipinski definition) is 3. The Balaban J connectivity index is 1.64. The van der Waals surface area contributed by atoms with E-state index in [1.165, 1.54) is 6.92 Å². The molecule has 3 rings (SSSR count). The van der Waals surface area contributed by atoms with Gasteiger partial charge in [-0.15, -0.1) is 0 Å². The van der Waals surface area contributed by atoms with Gasteiger partial charge in [0.05, 0.1) is 6.10 Å². The van der Waals surface area contributed by atoms with Crippen LogP contribution in [0.25, 0.3) is 0 Å². The molecule has 142 valence electrons. The second-order valence-electron chi connectivity index (χ2n) is 6.41. The first kappa shape index (κ1) is 18.8. The molecule has 8 heteroatoms. The number of carbonyl (C=O) groups excluding carboxylic acids is 2. The van der Waals surface area contributed by atoms with Gasteiger partial charge in [0.2, 0.25) is 5.91 Å². The zero-order valence-corrected chi connectivity index (χ0v) is 15.4. The van der Waals surface area contributed by atoms with Crippen molar-refractivity contribution in [3.63, 3.8) is 0 Å². The molecule has 2 heterocycles. The summed E-state index contributed by atoms with van der Waals surface area (Å²) in [7, 11) is 0. The molecule has 8 nitrogen and oxygen atoms in total. The van der Waals surface area contributed by atoms with Crippen LogP contribution >= 0.6 is 0 Å². The summed E-state index contributed by atoms with van der Waals surface area (Å²) < 4.78 is 5.58. The highest BCUT2D eigenvalue weighted by atomic mass is 16.5. The Morgan fingerprint density at radius 3 is 2.48 bits per heavy atom. The Kier molecular flexibility index (Phi) is 5.97. The van der Waals surface area contributed by atoms with Crippen molar-refractivity contribution in [1.29, 1.82) is 0 Å². The standard InChI is InChI=1S/C19H23N5O3/c1-12-21-17(10-18(22-12)20-11-16-4-3-9-27-16)19(26)24-15-7-5-14(6-8-15)23-13(2)25/h5-8,10,16H,3-4,9,11H2,1-2H3,(H,23,25)(H,24,26)(H,20,21,22). The van der Waals surface area contributed by atoms with E-state index in [-0.39, 0.29) is 23.6 Å². The summed E-state index contributed by atoms with van der Waals surface area (Å²) in [5.74, 6) is 0.641. The van der Waals surface area contributed by atoms with Crippen molar-refractivity contribution in [3.05, 3.63) is 41.9 Å². The second-order valence-corrected chi connectivity index (χ2v) is 6.41. The third-order valence-corrected chi connectivity index (χ3v) is 4.07. The molecule has 3 N–H and O–H groups in total. The highest BCUT2D eigenvalue weighted by Crippen LogP contribution is 2.16. The van der Waals surface area contributed by atoms with Crippen LogP contribution in [-0.4, -0.2) is 41.0 Å². The van der Waals surface area contributed by atoms with Gasteiger partial charge in [-0.1, -0.05) is 0 Å². The molecule has 2 aromatic rings. The van der Waals surface area contributed by atoms with Gasteiger partial charge in [-0.05, 0) is 44.0 Å². The maximum atomic E-state index is 12.5. The SMILES string of the molecule is CC(=O)Nc1ccc(NC(=O)c2cc(NCC3CCCO3)nc(C)n2)cc1. The zero-order valence-electron chi connectivity index (χ0n) is 15.4. The second kappa shape index (κ2) is 8.59. The number of carbonyl (C=O) groups is 2. The molecule has 1 aromatic carbocycles. The lowest BCUT2D eigenvalue weighted by Gasteiger charge is -2.12. The fourth-order valence-electron chi connectivity index (χ4n) is 2.83. The first-order chi connectivity index (χ1) is 13.0. The Bertz CT molecular complexity index is 817. The summed E-state index contributed by atoms with van der Waals surface area (Å²) in [6, 6.07) is 8.50. The zero-order chi connectivity index (χ0) is 19.2. The van der Waals surface area contributed by atoms with Crippen molar-refractivity contribution < 1.29 is 14.3 Å². The van der Waals surface area contributed by atoms with Crippen LogP contribution < -0.4 is 16.0 Å². The molecule has 0 saturated carbocycles. The van der Waals surface area contributed by atoms with E-state index in [0.717, 1.165) is 19.4 Å². The number of nitrogens with one attached hydrogen (secondary N) is 3. The lowest BCUT2D eigenvalue weighted by molar-refractivity contribution is -0.114. The Morgan fingerprint density at radius 2 is 1.85 bits per heavy atom. The summed E-state index contributed by atoms with van der Waals surface area (Å²) in [5, 5.41) is 8.69. The fourth-order valence-corrected chi connectivity index (χ4v) is 2.83. The molecule has 1 aromatic heterocycles. The van der Waals surface area contributed by atoms with Crippen molar-refractivity contribution in [3.8, 4) is 0 Å². The van der Waals surface area contributed by atoms with Gasteiger partial charge in [-0.25, -0.2) is 9.97 Å². The lowest BCUT2D eigenvalue weighted by Crippen LogP contribution is -2.20. The van der Waals surface area contributed by atoms with Crippen LogP contribution in [0.1, 0.15) is 36.1 Å². The van der Waals surface area contributed by atoms with Crippen molar-refractivity contribution in [2.24, 2.45) is 0 Å². The maximum Gasteiger partial charge on any atom is 0.274 e. The van der Waals surface area contributed by atoms with Gasteiger partial charge < -0.3 is 20.7 Å². The topological polar surface area (TPSA) is 105 Å². The quantitative estimate of drug-likeness (QED) is 0.723. The van der Waals surface area contributed by atoms with E-state index >= 15 is 0 Å². The molecule has 1 atom stereocenters. The van der Waals surface area contributed by atoms with E-state index < -0.39 is 0 Å². The number of aromatic nitrogens is 2. The Hall–Kier alpha value is -3.00. The predicted molar refractivity (Wildman–Crippen MR) is 103 cm³/mol. The molecule has 1 aliphatic heterocycles. The average Bonchev–Trinajstić information content (AvgIpc) is 3.14. The lowest BCUT2D eigenvalue weighted by atomic mass is 10.2. The number of ether oxygens (including phenoxy) is 1. The minimum Gasteiger partial charge on any atom is -0.376 e.